The Morgan fingerprint density at radius 2 is 1.83 bits per heavy atom. The number of nitrogens with zero attached hydrogens (tertiary/aromatic N) is 1. The summed E-state index contributed by atoms with van der Waals surface area (Å²) in [5.41, 5.74) is 7.87. The number of carbonyl (C=O) groups is 2. The Morgan fingerprint density at radius 3 is 2.56 bits per heavy atom. The van der Waals surface area contributed by atoms with Gasteiger partial charge in [0, 0.05) is 29.8 Å². The molecule has 0 spiro atoms. The number of rotatable bonds is 8. The van der Waals surface area contributed by atoms with E-state index in [1.165, 1.54) is 0 Å². The summed E-state index contributed by atoms with van der Waals surface area (Å²) in [6.07, 6.45) is 3.58. The average Bonchev–Trinajstić information content (AvgIpc) is 3.68. The van der Waals surface area contributed by atoms with E-state index in [0.29, 0.717) is 38.9 Å². The fourth-order valence-electron chi connectivity index (χ4n) is 3.64. The largest absolute Gasteiger partial charge is 0.488 e. The quantitative estimate of drug-likeness (QED) is 0.288. The summed E-state index contributed by atoms with van der Waals surface area (Å²) in [5, 5.41) is 6.49. The standard InChI is InChI=1S/C27H23ClN4O4/c28-21-12-18(8-9-22(21)32-27(34)31-17-6-7-17)36-24-10-11-30-23-14-25(20(26(29)33)13-19(23)24)35-15-16-4-2-1-3-5-16/h1-5,8-14,17H,6-7,15H2,(H2,29,33)(H2,31,32,34). The molecular weight excluding hydrogens is 480 g/mol. The molecule has 0 bridgehead atoms. The zero-order valence-corrected chi connectivity index (χ0v) is 19.9. The third-order valence-electron chi connectivity index (χ3n) is 5.63. The smallest absolute Gasteiger partial charge is 0.319 e. The molecule has 0 saturated heterocycles. The van der Waals surface area contributed by atoms with Gasteiger partial charge in [-0.15, -0.1) is 0 Å². The first kappa shape index (κ1) is 23.4. The number of hydrogen-bond donors (Lipinski definition) is 3. The second-order valence-corrected chi connectivity index (χ2v) is 8.84. The van der Waals surface area contributed by atoms with E-state index < -0.39 is 5.91 Å². The molecule has 1 aliphatic rings. The van der Waals surface area contributed by atoms with Gasteiger partial charge in [-0.3, -0.25) is 9.78 Å². The number of amides is 3. The molecule has 0 radical (unpaired) electrons. The minimum atomic E-state index is -0.627. The van der Waals surface area contributed by atoms with Crippen LogP contribution in [0.25, 0.3) is 10.9 Å². The molecule has 0 aliphatic heterocycles. The van der Waals surface area contributed by atoms with E-state index in [2.05, 4.69) is 15.6 Å². The summed E-state index contributed by atoms with van der Waals surface area (Å²) < 4.78 is 12.0. The maximum atomic E-state index is 12.2. The number of fused-ring (bicyclic) bond motifs is 1. The molecule has 0 atom stereocenters. The van der Waals surface area contributed by atoms with Gasteiger partial charge in [-0.1, -0.05) is 41.9 Å². The molecule has 36 heavy (non-hydrogen) atoms. The third kappa shape index (κ3) is 5.50. The topological polar surface area (TPSA) is 116 Å². The van der Waals surface area contributed by atoms with Gasteiger partial charge >= 0.3 is 6.03 Å². The summed E-state index contributed by atoms with van der Waals surface area (Å²) in [7, 11) is 0. The first-order valence-corrected chi connectivity index (χ1v) is 11.8. The number of halogens is 1. The number of nitrogens with one attached hydrogen (secondary N) is 2. The summed E-state index contributed by atoms with van der Waals surface area (Å²) >= 11 is 6.37. The van der Waals surface area contributed by atoms with E-state index in [9.17, 15) is 9.59 Å². The molecule has 4 N–H and O–H groups in total. The average molecular weight is 503 g/mol. The molecule has 1 fully saturated rings. The van der Waals surface area contributed by atoms with Crippen LogP contribution in [-0.4, -0.2) is 23.0 Å². The molecule has 1 aromatic heterocycles. The summed E-state index contributed by atoms with van der Waals surface area (Å²) in [6, 6.07) is 19.5. The van der Waals surface area contributed by atoms with Crippen molar-refractivity contribution in [2.75, 3.05) is 5.32 Å². The lowest BCUT2D eigenvalue weighted by Gasteiger charge is -2.14. The molecule has 1 heterocycles. The second kappa shape index (κ2) is 10.1. The zero-order chi connectivity index (χ0) is 25.1. The van der Waals surface area contributed by atoms with E-state index in [4.69, 9.17) is 26.8 Å². The normalized spacial score (nSPS) is 12.7. The van der Waals surface area contributed by atoms with Crippen LogP contribution in [0.3, 0.4) is 0 Å². The van der Waals surface area contributed by atoms with Crippen molar-refractivity contribution in [2.45, 2.75) is 25.5 Å². The SMILES string of the molecule is NC(=O)c1cc2c(Oc3ccc(NC(=O)NC4CC4)c(Cl)c3)ccnc2cc1OCc1ccccc1. The van der Waals surface area contributed by atoms with Gasteiger partial charge in [0.25, 0.3) is 5.91 Å². The Kier molecular flexibility index (Phi) is 6.60. The van der Waals surface area contributed by atoms with Crippen molar-refractivity contribution in [2.24, 2.45) is 5.73 Å². The molecular formula is C27H23ClN4O4. The molecule has 3 aromatic carbocycles. The Morgan fingerprint density at radius 1 is 1.03 bits per heavy atom. The van der Waals surface area contributed by atoms with Crippen molar-refractivity contribution in [1.29, 1.82) is 0 Å². The molecule has 9 heteroatoms. The van der Waals surface area contributed by atoms with Gasteiger partial charge in [0.15, 0.2) is 0 Å². The van der Waals surface area contributed by atoms with Crippen LogP contribution in [0.1, 0.15) is 28.8 Å². The van der Waals surface area contributed by atoms with Crippen molar-refractivity contribution >= 4 is 40.1 Å². The fraction of sp³-hybridized carbons (Fsp3) is 0.148. The summed E-state index contributed by atoms with van der Waals surface area (Å²) in [4.78, 5) is 28.6. The van der Waals surface area contributed by atoms with Crippen molar-refractivity contribution in [3.05, 3.63) is 89.1 Å². The number of urea groups is 1. The minimum absolute atomic E-state index is 0.218. The minimum Gasteiger partial charge on any atom is -0.488 e. The number of ether oxygens (including phenoxy) is 2. The summed E-state index contributed by atoms with van der Waals surface area (Å²) in [6.45, 7) is 0.278. The molecule has 5 rings (SSSR count). The van der Waals surface area contributed by atoms with Crippen LogP contribution >= 0.6 is 11.6 Å². The lowest BCUT2D eigenvalue weighted by atomic mass is 10.1. The molecule has 182 valence electrons. The Bertz CT molecular complexity index is 1440. The molecule has 4 aromatic rings. The highest BCUT2D eigenvalue weighted by atomic mass is 35.5. The number of benzene rings is 3. The second-order valence-electron chi connectivity index (χ2n) is 8.43. The third-order valence-corrected chi connectivity index (χ3v) is 5.95. The number of carbonyl (C=O) groups excluding carboxylic acids is 2. The first-order chi connectivity index (χ1) is 17.5. The lowest BCUT2D eigenvalue weighted by molar-refractivity contribution is 0.0996. The summed E-state index contributed by atoms with van der Waals surface area (Å²) in [5.74, 6) is 0.621. The molecule has 1 saturated carbocycles. The number of nitrogens with two attached hydrogens (primary N) is 1. The van der Waals surface area contributed by atoms with Crippen molar-refractivity contribution in [1.82, 2.24) is 10.3 Å². The fourth-order valence-corrected chi connectivity index (χ4v) is 3.86. The predicted octanol–water partition coefficient (Wildman–Crippen LogP) is 5.64. The van der Waals surface area contributed by atoms with Crippen molar-refractivity contribution < 1.29 is 19.1 Å². The van der Waals surface area contributed by atoms with E-state index >= 15 is 0 Å². The van der Waals surface area contributed by atoms with Crippen LogP contribution in [0.15, 0.2) is 72.9 Å². The van der Waals surface area contributed by atoms with Crippen molar-refractivity contribution in [3.63, 3.8) is 0 Å². The van der Waals surface area contributed by atoms with Crippen LogP contribution in [0, 0.1) is 0 Å². The Hall–Kier alpha value is -4.30. The van der Waals surface area contributed by atoms with Gasteiger partial charge in [-0.25, -0.2) is 4.79 Å². The monoisotopic (exact) mass is 502 g/mol. The van der Waals surface area contributed by atoms with Gasteiger partial charge in [-0.2, -0.15) is 0 Å². The highest BCUT2D eigenvalue weighted by molar-refractivity contribution is 6.33. The van der Waals surface area contributed by atoms with Gasteiger partial charge in [0.1, 0.15) is 23.9 Å². The number of aromatic nitrogens is 1. The highest BCUT2D eigenvalue weighted by Crippen LogP contribution is 2.35. The number of pyridine rings is 1. The molecule has 1 aliphatic carbocycles. The Balaban J connectivity index is 1.38. The van der Waals surface area contributed by atoms with Gasteiger partial charge in [0.05, 0.1) is 21.8 Å². The number of anilines is 1. The van der Waals surface area contributed by atoms with E-state index in [-0.39, 0.29) is 24.2 Å². The van der Waals surface area contributed by atoms with E-state index in [1.54, 1.807) is 42.6 Å². The number of primary amides is 1. The van der Waals surface area contributed by atoms with Crippen LogP contribution in [0.4, 0.5) is 10.5 Å². The van der Waals surface area contributed by atoms with E-state index in [0.717, 1.165) is 18.4 Å². The highest BCUT2D eigenvalue weighted by Gasteiger charge is 2.23. The number of hydrogen-bond acceptors (Lipinski definition) is 5. The van der Waals surface area contributed by atoms with Gasteiger partial charge in [0.2, 0.25) is 0 Å². The predicted molar refractivity (Wildman–Crippen MR) is 138 cm³/mol. The van der Waals surface area contributed by atoms with Crippen LogP contribution in [0.2, 0.25) is 5.02 Å². The van der Waals surface area contributed by atoms with Crippen molar-refractivity contribution in [3.8, 4) is 17.2 Å². The van der Waals surface area contributed by atoms with E-state index in [1.807, 2.05) is 30.3 Å². The first-order valence-electron chi connectivity index (χ1n) is 11.4. The molecule has 0 unspecified atom stereocenters. The lowest BCUT2D eigenvalue weighted by Crippen LogP contribution is -2.30. The Labute approximate surface area is 212 Å². The van der Waals surface area contributed by atoms with Crippen LogP contribution in [0.5, 0.6) is 17.2 Å². The maximum Gasteiger partial charge on any atom is 0.319 e. The molecule has 8 nitrogen and oxygen atoms in total. The van der Waals surface area contributed by atoms with Gasteiger partial charge < -0.3 is 25.8 Å². The van der Waals surface area contributed by atoms with Gasteiger partial charge in [-0.05, 0) is 42.7 Å². The van der Waals surface area contributed by atoms with Crippen LogP contribution in [-0.2, 0) is 6.61 Å². The zero-order valence-electron chi connectivity index (χ0n) is 19.2. The molecule has 3 amide bonds. The van der Waals surface area contributed by atoms with Crippen LogP contribution < -0.4 is 25.8 Å². The maximum absolute atomic E-state index is 12.2.